The fourth-order valence-electron chi connectivity index (χ4n) is 4.26. The predicted molar refractivity (Wildman–Crippen MR) is 159 cm³/mol. The SMILES string of the molecule is C=CC1=C(N)[C@@]2(OS1(=O)=O)[C@@H](CO[Si](C)(C)C(C)(C)C)O[C@@H](n1cc(C)c(=O)[nH]c1=O)[C@@H]2O[Si](C)(C)C(C)(C)C. The number of hydrogen-bond donors (Lipinski definition) is 2. The van der Waals surface area contributed by atoms with E-state index in [1.165, 1.54) is 10.8 Å². The third kappa shape index (κ3) is 5.39. The second-order valence-electron chi connectivity index (χ2n) is 13.7. The van der Waals surface area contributed by atoms with Crippen molar-refractivity contribution in [2.75, 3.05) is 6.61 Å². The lowest BCUT2D eigenvalue weighted by Crippen LogP contribution is -2.59. The van der Waals surface area contributed by atoms with Crippen molar-refractivity contribution in [3.8, 4) is 0 Å². The van der Waals surface area contributed by atoms with E-state index in [-0.39, 0.29) is 32.8 Å². The lowest BCUT2D eigenvalue weighted by Gasteiger charge is -2.43. The van der Waals surface area contributed by atoms with Gasteiger partial charge in [0.05, 0.1) is 12.3 Å². The quantitative estimate of drug-likeness (QED) is 0.346. The van der Waals surface area contributed by atoms with Crippen molar-refractivity contribution in [3.05, 3.63) is 55.9 Å². The average molecular weight is 616 g/mol. The maximum atomic E-state index is 13.3. The first-order valence-electron chi connectivity index (χ1n) is 13.3. The molecule has 4 atom stereocenters. The second kappa shape index (κ2) is 10.2. The summed E-state index contributed by atoms with van der Waals surface area (Å²) < 4.78 is 53.6. The van der Waals surface area contributed by atoms with Crippen LogP contribution in [0.25, 0.3) is 0 Å². The molecule has 40 heavy (non-hydrogen) atoms. The van der Waals surface area contributed by atoms with Crippen LogP contribution in [0.3, 0.4) is 0 Å². The van der Waals surface area contributed by atoms with Crippen LogP contribution in [0.5, 0.6) is 0 Å². The van der Waals surface area contributed by atoms with E-state index in [0.717, 1.165) is 6.08 Å². The Morgan fingerprint density at radius 2 is 1.68 bits per heavy atom. The molecule has 0 saturated carbocycles. The molecule has 0 aromatic carbocycles. The third-order valence-electron chi connectivity index (χ3n) is 8.90. The average Bonchev–Trinajstić information content (AvgIpc) is 3.17. The summed E-state index contributed by atoms with van der Waals surface area (Å²) >= 11 is 0. The molecule has 0 radical (unpaired) electrons. The van der Waals surface area contributed by atoms with Crippen molar-refractivity contribution in [1.82, 2.24) is 9.55 Å². The molecule has 0 aliphatic carbocycles. The fourth-order valence-corrected chi connectivity index (χ4v) is 7.92. The minimum atomic E-state index is -4.35. The summed E-state index contributed by atoms with van der Waals surface area (Å²) in [7, 11) is -9.39. The predicted octanol–water partition coefficient (Wildman–Crippen LogP) is 3.61. The molecule has 226 valence electrons. The van der Waals surface area contributed by atoms with Crippen LogP contribution in [0.1, 0.15) is 53.3 Å². The molecule has 0 amide bonds. The van der Waals surface area contributed by atoms with Crippen molar-refractivity contribution in [2.45, 2.75) is 109 Å². The molecule has 0 unspecified atom stereocenters. The van der Waals surface area contributed by atoms with Crippen molar-refractivity contribution in [1.29, 1.82) is 0 Å². The number of H-pyrrole nitrogens is 1. The Morgan fingerprint density at radius 3 is 2.15 bits per heavy atom. The number of nitrogens with two attached hydrogens (primary N) is 1. The molecule has 3 heterocycles. The first-order valence-corrected chi connectivity index (χ1v) is 20.5. The number of aryl methyl sites for hydroxylation is 1. The van der Waals surface area contributed by atoms with E-state index >= 15 is 0 Å². The van der Waals surface area contributed by atoms with Gasteiger partial charge in [-0.25, -0.2) is 8.98 Å². The second-order valence-corrected chi connectivity index (χ2v) is 24.8. The fraction of sp³-hybridized carbons (Fsp3) is 0.692. The van der Waals surface area contributed by atoms with E-state index in [1.54, 1.807) is 6.92 Å². The van der Waals surface area contributed by atoms with Gasteiger partial charge in [0.2, 0.25) is 0 Å². The van der Waals surface area contributed by atoms with Gasteiger partial charge in [0, 0.05) is 11.8 Å². The van der Waals surface area contributed by atoms with Crippen LogP contribution in [0.4, 0.5) is 0 Å². The lowest BCUT2D eigenvalue weighted by atomic mass is 9.88. The topological polar surface area (TPSA) is 152 Å². The largest absolute Gasteiger partial charge is 0.414 e. The molecule has 1 aromatic heterocycles. The van der Waals surface area contributed by atoms with Gasteiger partial charge in [-0.3, -0.25) is 14.3 Å². The van der Waals surface area contributed by atoms with E-state index in [9.17, 15) is 18.0 Å². The molecule has 2 aliphatic rings. The van der Waals surface area contributed by atoms with Crippen LogP contribution < -0.4 is 17.0 Å². The van der Waals surface area contributed by atoms with Gasteiger partial charge in [0.15, 0.2) is 28.5 Å². The van der Waals surface area contributed by atoms with Crippen LogP contribution in [-0.4, -0.2) is 59.0 Å². The van der Waals surface area contributed by atoms with Crippen LogP contribution in [0, 0.1) is 6.92 Å². The standard InChI is InChI=1S/C26H45N3O8SSi2/c1-13-17-19(27)26(37-38(17,32)33)18(15-34-39(9,10)24(3,4)5)35-22(20(26)36-40(11,12)25(6,7)8)29-14-16(2)21(30)28-23(29)31/h13-14,18,20,22H,1,15,27H2,2-12H3,(H,28,30,31)/t18-,20+,22-,26+/m1/s1. The number of rotatable bonds is 7. The Bertz CT molecular complexity index is 1430. The van der Waals surface area contributed by atoms with Crippen LogP contribution in [0.15, 0.2) is 39.0 Å². The zero-order valence-corrected chi connectivity index (χ0v) is 28.3. The van der Waals surface area contributed by atoms with Gasteiger partial charge in [-0.2, -0.15) is 8.42 Å². The number of hydrogen-bond acceptors (Lipinski definition) is 9. The third-order valence-corrected chi connectivity index (χ3v) is 19.3. The van der Waals surface area contributed by atoms with E-state index in [1.807, 2.05) is 33.9 Å². The first-order chi connectivity index (χ1) is 17.9. The highest BCUT2D eigenvalue weighted by molar-refractivity contribution is 7.91. The summed E-state index contributed by atoms with van der Waals surface area (Å²) in [5.41, 5.74) is 3.66. The van der Waals surface area contributed by atoms with Crippen LogP contribution in [0.2, 0.25) is 36.3 Å². The van der Waals surface area contributed by atoms with Crippen LogP contribution in [-0.2, 0) is 27.9 Å². The molecule has 1 aromatic rings. The smallest absolute Gasteiger partial charge is 0.330 e. The molecule has 1 spiro atoms. The van der Waals surface area contributed by atoms with Gasteiger partial charge in [-0.15, -0.1) is 0 Å². The number of ether oxygens (including phenoxy) is 1. The van der Waals surface area contributed by atoms with E-state index in [0.29, 0.717) is 0 Å². The maximum Gasteiger partial charge on any atom is 0.330 e. The number of aromatic nitrogens is 2. The Kier molecular flexibility index (Phi) is 8.31. The van der Waals surface area contributed by atoms with Crippen LogP contribution >= 0.6 is 0 Å². The highest BCUT2D eigenvalue weighted by Crippen LogP contribution is 2.53. The molecular weight excluding hydrogens is 571 g/mol. The summed E-state index contributed by atoms with van der Waals surface area (Å²) in [6.45, 7) is 25.6. The molecule has 1 fully saturated rings. The molecule has 3 N–H and O–H groups in total. The van der Waals surface area contributed by atoms with Gasteiger partial charge < -0.3 is 19.3 Å². The normalized spacial score (nSPS) is 27.5. The minimum absolute atomic E-state index is 0.0674. The number of aromatic amines is 1. The Hall–Kier alpha value is -1.82. The number of nitrogens with one attached hydrogen (secondary N) is 1. The monoisotopic (exact) mass is 615 g/mol. The van der Waals surface area contributed by atoms with Gasteiger partial charge in [0.1, 0.15) is 17.1 Å². The first kappa shape index (κ1) is 32.7. The van der Waals surface area contributed by atoms with Crippen molar-refractivity contribution < 1.29 is 26.2 Å². The van der Waals surface area contributed by atoms with Crippen molar-refractivity contribution in [2.24, 2.45) is 5.73 Å². The molecule has 3 rings (SSSR count). The maximum absolute atomic E-state index is 13.3. The molecule has 1 saturated heterocycles. The van der Waals surface area contributed by atoms with E-state index in [2.05, 4.69) is 45.4 Å². The van der Waals surface area contributed by atoms with Crippen molar-refractivity contribution >= 4 is 26.8 Å². The summed E-state index contributed by atoms with van der Waals surface area (Å²) in [6.07, 6.45) is -0.943. The van der Waals surface area contributed by atoms with E-state index in [4.69, 9.17) is 23.5 Å². The summed E-state index contributed by atoms with van der Waals surface area (Å²) in [4.78, 5) is 27.3. The minimum Gasteiger partial charge on any atom is -0.414 e. The molecule has 0 bridgehead atoms. The highest BCUT2D eigenvalue weighted by atomic mass is 32.2. The Labute approximate surface area is 239 Å². The van der Waals surface area contributed by atoms with Gasteiger partial charge in [0.25, 0.3) is 15.7 Å². The van der Waals surface area contributed by atoms with Gasteiger partial charge >= 0.3 is 5.69 Å². The zero-order chi connectivity index (χ0) is 30.9. The van der Waals surface area contributed by atoms with Crippen molar-refractivity contribution in [3.63, 3.8) is 0 Å². The number of nitrogens with zero attached hydrogens (tertiary/aromatic N) is 1. The summed E-state index contributed by atoms with van der Waals surface area (Å²) in [6, 6.07) is 0. The van der Waals surface area contributed by atoms with Gasteiger partial charge in [-0.05, 0) is 49.3 Å². The van der Waals surface area contributed by atoms with Gasteiger partial charge in [-0.1, -0.05) is 48.1 Å². The zero-order valence-electron chi connectivity index (χ0n) is 25.5. The molecular formula is C26H45N3O8SSi2. The molecule has 2 aliphatic heterocycles. The summed E-state index contributed by atoms with van der Waals surface area (Å²) in [5, 5.41) is -0.462. The van der Waals surface area contributed by atoms with E-state index < -0.39 is 62.0 Å². The Balaban J connectivity index is 2.32. The summed E-state index contributed by atoms with van der Waals surface area (Å²) in [5.74, 6) is 0. The lowest BCUT2D eigenvalue weighted by molar-refractivity contribution is -0.0563. The highest BCUT2D eigenvalue weighted by Gasteiger charge is 2.68. The number of allylic oxidation sites excluding steroid dienone is 1. The molecule has 11 nitrogen and oxygen atoms in total. The molecule has 14 heteroatoms. The Morgan fingerprint density at radius 1 is 1.12 bits per heavy atom.